The molecule has 0 aliphatic rings. The van der Waals surface area contributed by atoms with E-state index < -0.39 is 16.8 Å². The summed E-state index contributed by atoms with van der Waals surface area (Å²) in [6, 6.07) is 3.17. The van der Waals surface area contributed by atoms with Crippen molar-refractivity contribution in [2.45, 2.75) is 26.3 Å². The number of H-pyrrole nitrogens is 1. The largest absolute Gasteiger partial charge is 0.330 e. The maximum absolute atomic E-state index is 12.3. The van der Waals surface area contributed by atoms with Gasteiger partial charge >= 0.3 is 5.69 Å². The molecule has 2 heterocycles. The van der Waals surface area contributed by atoms with E-state index in [1.165, 1.54) is 27.0 Å². The lowest BCUT2D eigenvalue weighted by atomic mass is 10.00. The van der Waals surface area contributed by atoms with E-state index in [9.17, 15) is 14.4 Å². The number of nitrogens with zero attached hydrogens (tertiary/aromatic N) is 2. The van der Waals surface area contributed by atoms with Crippen molar-refractivity contribution in [2.24, 2.45) is 0 Å². The molecule has 0 saturated carbocycles. The Balaban J connectivity index is 2.94. The number of Topliss-reactive ketones (excluding diaryl/α,β-unsaturated/α-hetero) is 1. The van der Waals surface area contributed by atoms with Crippen molar-refractivity contribution in [2.75, 3.05) is 0 Å². The first-order chi connectivity index (χ1) is 8.35. The summed E-state index contributed by atoms with van der Waals surface area (Å²) in [5.41, 5.74) is -2.11. The maximum atomic E-state index is 12.3. The summed E-state index contributed by atoms with van der Waals surface area (Å²) in [4.78, 5) is 42.2. The number of ketones is 1. The Morgan fingerprint density at radius 3 is 2.67 bits per heavy atom. The van der Waals surface area contributed by atoms with E-state index in [2.05, 4.69) is 9.97 Å². The highest BCUT2D eigenvalue weighted by Crippen LogP contribution is 2.12. The molecule has 2 aromatic rings. The molecule has 0 spiro atoms. The molecule has 0 aliphatic heterocycles. The lowest BCUT2D eigenvalue weighted by Crippen LogP contribution is -2.49. The summed E-state index contributed by atoms with van der Waals surface area (Å²) in [5.74, 6) is -0.265. The van der Waals surface area contributed by atoms with Crippen LogP contribution in [0.5, 0.6) is 0 Å². The number of fused-ring (bicyclic) bond motifs is 1. The van der Waals surface area contributed by atoms with E-state index in [-0.39, 0.29) is 16.8 Å². The lowest BCUT2D eigenvalue weighted by Gasteiger charge is -2.23. The third-order valence-electron chi connectivity index (χ3n) is 3.09. The van der Waals surface area contributed by atoms with Crippen LogP contribution in [0.4, 0.5) is 0 Å². The third kappa shape index (κ3) is 1.66. The lowest BCUT2D eigenvalue weighted by molar-refractivity contribution is -0.124. The molecule has 0 bridgehead atoms. The normalized spacial score (nSPS) is 11.7. The molecule has 94 valence electrons. The molecule has 18 heavy (non-hydrogen) atoms. The zero-order valence-corrected chi connectivity index (χ0v) is 10.4. The van der Waals surface area contributed by atoms with Gasteiger partial charge in [-0.25, -0.2) is 14.3 Å². The van der Waals surface area contributed by atoms with Gasteiger partial charge in [0.05, 0.1) is 5.39 Å². The molecule has 0 fully saturated rings. The Morgan fingerprint density at radius 2 is 2.06 bits per heavy atom. The molecule has 0 atom stereocenters. The van der Waals surface area contributed by atoms with Crippen molar-refractivity contribution >= 4 is 16.8 Å². The van der Waals surface area contributed by atoms with E-state index in [0.717, 1.165) is 4.57 Å². The Hall–Kier alpha value is -2.24. The summed E-state index contributed by atoms with van der Waals surface area (Å²) in [5, 5.41) is 0.284. The Morgan fingerprint density at radius 1 is 1.39 bits per heavy atom. The van der Waals surface area contributed by atoms with Gasteiger partial charge in [0.2, 0.25) is 0 Å². The van der Waals surface area contributed by atoms with Gasteiger partial charge in [-0.3, -0.25) is 14.6 Å². The van der Waals surface area contributed by atoms with Gasteiger partial charge in [-0.2, -0.15) is 0 Å². The van der Waals surface area contributed by atoms with Gasteiger partial charge in [0, 0.05) is 6.20 Å². The van der Waals surface area contributed by atoms with E-state index in [1.54, 1.807) is 12.1 Å². The summed E-state index contributed by atoms with van der Waals surface area (Å²) < 4.78 is 0.930. The number of rotatable bonds is 2. The molecular formula is C12H13N3O3. The SMILES string of the molecule is CC(=O)C(C)(C)n1c(=O)[nH]c2ncccc2c1=O. The highest BCUT2D eigenvalue weighted by molar-refractivity contribution is 5.83. The van der Waals surface area contributed by atoms with Gasteiger partial charge in [-0.1, -0.05) is 0 Å². The van der Waals surface area contributed by atoms with E-state index in [1.807, 2.05) is 0 Å². The second-order valence-electron chi connectivity index (χ2n) is 4.59. The first kappa shape index (κ1) is 12.2. The van der Waals surface area contributed by atoms with Crippen molar-refractivity contribution in [1.29, 1.82) is 0 Å². The number of hydrogen-bond donors (Lipinski definition) is 1. The number of hydrogen-bond acceptors (Lipinski definition) is 4. The van der Waals surface area contributed by atoms with Crippen molar-refractivity contribution in [3.05, 3.63) is 39.2 Å². The number of pyridine rings is 1. The maximum Gasteiger partial charge on any atom is 0.330 e. The van der Waals surface area contributed by atoms with E-state index >= 15 is 0 Å². The fourth-order valence-electron chi connectivity index (χ4n) is 1.71. The average Bonchev–Trinajstić information content (AvgIpc) is 2.28. The third-order valence-corrected chi connectivity index (χ3v) is 3.09. The molecule has 0 amide bonds. The van der Waals surface area contributed by atoms with Crippen LogP contribution in [0.15, 0.2) is 27.9 Å². The molecule has 2 rings (SSSR count). The molecule has 6 heteroatoms. The zero-order chi connectivity index (χ0) is 13.5. The number of aromatic amines is 1. The van der Waals surface area contributed by atoms with Gasteiger partial charge in [0.1, 0.15) is 11.2 Å². The number of carbonyl (C=O) groups is 1. The van der Waals surface area contributed by atoms with Crippen molar-refractivity contribution in [1.82, 2.24) is 14.5 Å². The van der Waals surface area contributed by atoms with Gasteiger partial charge in [0.25, 0.3) is 5.56 Å². The van der Waals surface area contributed by atoms with Crippen molar-refractivity contribution in [3.63, 3.8) is 0 Å². The monoisotopic (exact) mass is 247 g/mol. The number of carbonyl (C=O) groups excluding carboxylic acids is 1. The van der Waals surface area contributed by atoms with Crippen LogP contribution >= 0.6 is 0 Å². The first-order valence-electron chi connectivity index (χ1n) is 5.47. The quantitative estimate of drug-likeness (QED) is 0.832. The first-order valence-corrected chi connectivity index (χ1v) is 5.47. The zero-order valence-electron chi connectivity index (χ0n) is 10.4. The second-order valence-corrected chi connectivity index (χ2v) is 4.59. The highest BCUT2D eigenvalue weighted by Gasteiger charge is 2.30. The summed E-state index contributed by atoms with van der Waals surface area (Å²) in [6.07, 6.45) is 1.48. The molecule has 0 unspecified atom stereocenters. The summed E-state index contributed by atoms with van der Waals surface area (Å²) >= 11 is 0. The molecule has 2 aromatic heterocycles. The van der Waals surface area contributed by atoms with Crippen LogP contribution in [-0.4, -0.2) is 20.3 Å². The Bertz CT molecular complexity index is 740. The molecule has 0 aliphatic carbocycles. The Labute approximate surface area is 102 Å². The topological polar surface area (TPSA) is 84.8 Å². The van der Waals surface area contributed by atoms with Crippen LogP contribution in [0.3, 0.4) is 0 Å². The van der Waals surface area contributed by atoms with Crippen LogP contribution in [0.2, 0.25) is 0 Å². The predicted molar refractivity (Wildman–Crippen MR) is 66.6 cm³/mol. The molecule has 1 N–H and O–H groups in total. The van der Waals surface area contributed by atoms with Crippen LogP contribution < -0.4 is 11.2 Å². The van der Waals surface area contributed by atoms with Gasteiger partial charge < -0.3 is 0 Å². The number of nitrogens with one attached hydrogen (secondary N) is 1. The Kier molecular flexibility index (Phi) is 2.65. The van der Waals surface area contributed by atoms with Gasteiger partial charge in [0.15, 0.2) is 5.78 Å². The molecule has 6 nitrogen and oxygen atoms in total. The minimum atomic E-state index is -1.19. The molecule has 0 radical (unpaired) electrons. The number of aromatic nitrogens is 3. The van der Waals surface area contributed by atoms with Crippen molar-refractivity contribution in [3.8, 4) is 0 Å². The van der Waals surface area contributed by atoms with Crippen LogP contribution in [0, 0.1) is 0 Å². The minimum Gasteiger partial charge on any atom is -0.297 e. The molecule has 0 aromatic carbocycles. The molecular weight excluding hydrogens is 234 g/mol. The average molecular weight is 247 g/mol. The standard InChI is InChI=1S/C12H13N3O3/c1-7(16)12(2,3)15-10(17)8-5-4-6-13-9(8)14-11(15)18/h4-6H,1-3H3,(H,13,14,18). The summed E-state index contributed by atoms with van der Waals surface area (Å²) in [6.45, 7) is 4.42. The minimum absolute atomic E-state index is 0.225. The molecule has 0 saturated heterocycles. The van der Waals surface area contributed by atoms with Gasteiger partial charge in [-0.05, 0) is 32.9 Å². The predicted octanol–water partition coefficient (Wildman–Crippen LogP) is 0.409. The highest BCUT2D eigenvalue weighted by atomic mass is 16.2. The van der Waals surface area contributed by atoms with Gasteiger partial charge in [-0.15, -0.1) is 0 Å². The van der Waals surface area contributed by atoms with E-state index in [0.29, 0.717) is 0 Å². The van der Waals surface area contributed by atoms with Crippen LogP contribution in [0.25, 0.3) is 11.0 Å². The van der Waals surface area contributed by atoms with Crippen LogP contribution in [-0.2, 0) is 10.3 Å². The second kappa shape index (κ2) is 3.90. The van der Waals surface area contributed by atoms with Crippen LogP contribution in [0.1, 0.15) is 20.8 Å². The van der Waals surface area contributed by atoms with E-state index in [4.69, 9.17) is 0 Å². The fourth-order valence-corrected chi connectivity index (χ4v) is 1.71. The van der Waals surface area contributed by atoms with Crippen molar-refractivity contribution < 1.29 is 4.79 Å². The fraction of sp³-hybridized carbons (Fsp3) is 0.333. The smallest absolute Gasteiger partial charge is 0.297 e. The summed E-state index contributed by atoms with van der Waals surface area (Å²) in [7, 11) is 0.